The molecule has 1 heterocycles. The van der Waals surface area contributed by atoms with E-state index in [1.54, 1.807) is 0 Å². The summed E-state index contributed by atoms with van der Waals surface area (Å²) < 4.78 is 0.187. The minimum absolute atomic E-state index is 0. The molecule has 3 nitrogen and oxygen atoms in total. The number of rotatable bonds is 3. The van der Waals surface area contributed by atoms with Crippen LogP contribution in [0.15, 0.2) is 4.99 Å². The Hall–Kier alpha value is 0.350. The van der Waals surface area contributed by atoms with Gasteiger partial charge in [-0.15, -0.1) is 24.0 Å². The second-order valence-electron chi connectivity index (χ2n) is 5.33. The molecule has 1 fully saturated rings. The van der Waals surface area contributed by atoms with Gasteiger partial charge in [0.25, 0.3) is 0 Å². The monoisotopic (exact) mass is 371 g/mol. The predicted octanol–water partition coefficient (Wildman–Crippen LogP) is 2.79. The van der Waals surface area contributed by atoms with Crippen molar-refractivity contribution in [2.45, 2.75) is 38.4 Å². The normalized spacial score (nSPS) is 22.2. The summed E-state index contributed by atoms with van der Waals surface area (Å²) in [6.45, 7) is 9.62. The largest absolute Gasteiger partial charge is 0.370 e. The van der Waals surface area contributed by atoms with Crippen LogP contribution in [0.3, 0.4) is 0 Å². The van der Waals surface area contributed by atoms with Crippen molar-refractivity contribution in [3.8, 4) is 0 Å². The summed E-state index contributed by atoms with van der Waals surface area (Å²) in [5, 5.41) is 0. The van der Waals surface area contributed by atoms with Gasteiger partial charge in [-0.05, 0) is 38.9 Å². The molecule has 0 aliphatic carbocycles. The Bertz CT molecular complexity index is 256. The molecule has 0 radical (unpaired) electrons. The van der Waals surface area contributed by atoms with Crippen LogP contribution in [0.25, 0.3) is 0 Å². The van der Waals surface area contributed by atoms with Crippen molar-refractivity contribution in [1.82, 2.24) is 4.90 Å². The SMILES string of the molecule is CSC(C)(C)CN=C(N)N1CCCC(C)C1.I. The highest BCUT2D eigenvalue weighted by atomic mass is 127. The van der Waals surface area contributed by atoms with Crippen LogP contribution < -0.4 is 5.73 Å². The van der Waals surface area contributed by atoms with Crippen LogP contribution in [-0.4, -0.2) is 41.5 Å². The topological polar surface area (TPSA) is 41.6 Å². The highest BCUT2D eigenvalue weighted by Gasteiger charge is 2.19. The first kappa shape index (κ1) is 17.4. The van der Waals surface area contributed by atoms with Gasteiger partial charge in [0.15, 0.2) is 5.96 Å². The lowest BCUT2D eigenvalue weighted by atomic mass is 10.0. The van der Waals surface area contributed by atoms with Gasteiger partial charge in [-0.1, -0.05) is 6.92 Å². The number of aliphatic imine (C=N–C) groups is 1. The third-order valence-corrected chi connectivity index (χ3v) is 4.39. The molecular weight excluding hydrogens is 345 g/mol. The fraction of sp³-hybridized carbons (Fsp3) is 0.917. The van der Waals surface area contributed by atoms with Crippen molar-refractivity contribution in [2.75, 3.05) is 25.9 Å². The third kappa shape index (κ3) is 6.18. The second-order valence-corrected chi connectivity index (χ2v) is 6.85. The van der Waals surface area contributed by atoms with Gasteiger partial charge >= 0.3 is 0 Å². The van der Waals surface area contributed by atoms with E-state index < -0.39 is 0 Å². The quantitative estimate of drug-likeness (QED) is 0.471. The Morgan fingerprint density at radius 1 is 1.53 bits per heavy atom. The fourth-order valence-electron chi connectivity index (χ4n) is 1.83. The standard InChI is InChI=1S/C12H25N3S.HI/c1-10-6-5-7-15(8-10)11(13)14-9-12(2,3)16-4;/h10H,5-9H2,1-4H3,(H2,13,14);1H. The molecule has 0 aromatic rings. The molecule has 2 N–H and O–H groups in total. The number of guanidine groups is 1. The van der Waals surface area contributed by atoms with Crippen LogP contribution >= 0.6 is 35.7 Å². The Morgan fingerprint density at radius 2 is 2.18 bits per heavy atom. The van der Waals surface area contributed by atoms with E-state index >= 15 is 0 Å². The summed E-state index contributed by atoms with van der Waals surface area (Å²) >= 11 is 1.84. The minimum atomic E-state index is 0. The first-order valence-electron chi connectivity index (χ1n) is 6.04. The first-order valence-corrected chi connectivity index (χ1v) is 7.27. The predicted molar refractivity (Wildman–Crippen MR) is 89.5 cm³/mol. The van der Waals surface area contributed by atoms with Crippen LogP contribution in [-0.2, 0) is 0 Å². The smallest absolute Gasteiger partial charge is 0.191 e. The molecule has 0 aromatic carbocycles. The van der Waals surface area contributed by atoms with Gasteiger partial charge in [0.1, 0.15) is 0 Å². The highest BCUT2D eigenvalue weighted by molar-refractivity contribution is 14.0. The van der Waals surface area contributed by atoms with E-state index in [9.17, 15) is 0 Å². The molecule has 1 rings (SSSR count). The van der Waals surface area contributed by atoms with Crippen LogP contribution in [0.2, 0.25) is 0 Å². The summed E-state index contributed by atoms with van der Waals surface area (Å²) in [5.41, 5.74) is 6.04. The summed E-state index contributed by atoms with van der Waals surface area (Å²) in [7, 11) is 0. The maximum Gasteiger partial charge on any atom is 0.191 e. The molecule has 0 bridgehead atoms. The van der Waals surface area contributed by atoms with Gasteiger partial charge in [-0.2, -0.15) is 11.8 Å². The number of piperidine rings is 1. The van der Waals surface area contributed by atoms with Crippen molar-refractivity contribution in [3.05, 3.63) is 0 Å². The van der Waals surface area contributed by atoms with Gasteiger partial charge in [-0.3, -0.25) is 4.99 Å². The van der Waals surface area contributed by atoms with E-state index in [1.807, 2.05) is 11.8 Å². The van der Waals surface area contributed by atoms with Crippen LogP contribution in [0.5, 0.6) is 0 Å². The summed E-state index contributed by atoms with van der Waals surface area (Å²) in [6, 6.07) is 0. The Kier molecular flexibility index (Phi) is 7.87. The number of hydrogen-bond acceptors (Lipinski definition) is 2. The molecule has 0 saturated carbocycles. The molecule has 1 atom stereocenters. The molecule has 17 heavy (non-hydrogen) atoms. The molecule has 0 aromatic heterocycles. The Balaban J connectivity index is 0.00000256. The number of nitrogens with two attached hydrogens (primary N) is 1. The number of nitrogens with zero attached hydrogens (tertiary/aromatic N) is 2. The van der Waals surface area contributed by atoms with Crippen LogP contribution in [0.1, 0.15) is 33.6 Å². The maximum atomic E-state index is 6.04. The fourth-order valence-corrected chi connectivity index (χ4v) is 2.03. The summed E-state index contributed by atoms with van der Waals surface area (Å²) in [5.74, 6) is 1.48. The van der Waals surface area contributed by atoms with Crippen molar-refractivity contribution < 1.29 is 0 Å². The summed E-state index contributed by atoms with van der Waals surface area (Å²) in [6.07, 6.45) is 4.68. The zero-order valence-electron chi connectivity index (χ0n) is 11.4. The van der Waals surface area contributed by atoms with E-state index in [2.05, 4.69) is 36.9 Å². The lowest BCUT2D eigenvalue weighted by Gasteiger charge is -2.32. The van der Waals surface area contributed by atoms with Gasteiger partial charge in [0.2, 0.25) is 0 Å². The highest BCUT2D eigenvalue weighted by Crippen LogP contribution is 2.21. The van der Waals surface area contributed by atoms with Crippen molar-refractivity contribution in [2.24, 2.45) is 16.6 Å². The second kappa shape index (κ2) is 7.71. The average molecular weight is 371 g/mol. The molecule has 1 saturated heterocycles. The number of halogens is 1. The van der Waals surface area contributed by atoms with Crippen LogP contribution in [0, 0.1) is 5.92 Å². The van der Waals surface area contributed by atoms with E-state index in [-0.39, 0.29) is 28.7 Å². The van der Waals surface area contributed by atoms with E-state index in [0.29, 0.717) is 0 Å². The van der Waals surface area contributed by atoms with Crippen molar-refractivity contribution in [3.63, 3.8) is 0 Å². The zero-order chi connectivity index (χ0) is 12.2. The molecule has 1 unspecified atom stereocenters. The van der Waals surface area contributed by atoms with Crippen molar-refractivity contribution >= 4 is 41.7 Å². The molecule has 102 valence electrons. The zero-order valence-corrected chi connectivity index (χ0v) is 14.5. The summed E-state index contributed by atoms with van der Waals surface area (Å²) in [4.78, 5) is 6.75. The minimum Gasteiger partial charge on any atom is -0.370 e. The van der Waals surface area contributed by atoms with Crippen LogP contribution in [0.4, 0.5) is 0 Å². The lowest BCUT2D eigenvalue weighted by Crippen LogP contribution is -2.44. The van der Waals surface area contributed by atoms with Crippen molar-refractivity contribution in [1.29, 1.82) is 0 Å². The third-order valence-electron chi connectivity index (χ3n) is 3.16. The molecule has 0 amide bonds. The molecule has 0 spiro atoms. The molecule has 5 heteroatoms. The number of hydrogen-bond donors (Lipinski definition) is 1. The van der Waals surface area contributed by atoms with E-state index in [4.69, 9.17) is 5.73 Å². The Labute approximate surface area is 127 Å². The first-order chi connectivity index (χ1) is 7.44. The Morgan fingerprint density at radius 3 is 2.71 bits per heavy atom. The van der Waals surface area contributed by atoms with Gasteiger partial charge in [-0.25, -0.2) is 0 Å². The number of thioether (sulfide) groups is 1. The average Bonchev–Trinajstić information content (AvgIpc) is 2.26. The van der Waals surface area contributed by atoms with Gasteiger partial charge in [0, 0.05) is 17.8 Å². The van der Waals surface area contributed by atoms with Gasteiger partial charge in [0.05, 0.1) is 6.54 Å². The number of likely N-dealkylation sites (tertiary alicyclic amines) is 1. The lowest BCUT2D eigenvalue weighted by molar-refractivity contribution is 0.270. The van der Waals surface area contributed by atoms with E-state index in [0.717, 1.165) is 31.5 Å². The molecule has 1 aliphatic heterocycles. The maximum absolute atomic E-state index is 6.04. The van der Waals surface area contributed by atoms with E-state index in [1.165, 1.54) is 12.8 Å². The van der Waals surface area contributed by atoms with Gasteiger partial charge < -0.3 is 10.6 Å². The molecular formula is C12H26IN3S. The molecule has 1 aliphatic rings.